The summed E-state index contributed by atoms with van der Waals surface area (Å²) in [5.41, 5.74) is 0. The Morgan fingerprint density at radius 1 is 1.24 bits per heavy atom. The number of rotatable bonds is 4. The Labute approximate surface area is 104 Å². The smallest absolute Gasteiger partial charge is 0.233 e. The molecule has 2 fully saturated rings. The van der Waals surface area contributed by atoms with Crippen molar-refractivity contribution < 1.29 is 4.79 Å². The molecule has 98 valence electrons. The van der Waals surface area contributed by atoms with Crippen LogP contribution in [0.2, 0.25) is 0 Å². The minimum absolute atomic E-state index is 0.0900. The third-order valence-corrected chi connectivity index (χ3v) is 4.24. The second-order valence-electron chi connectivity index (χ2n) is 5.31. The SMILES string of the molecule is CNC(=O)CNC1CCCC1C1CCCCN1. The maximum absolute atomic E-state index is 11.3. The Hall–Kier alpha value is -0.610. The molecule has 17 heavy (non-hydrogen) atoms. The highest BCUT2D eigenvalue weighted by atomic mass is 16.1. The molecule has 3 atom stereocenters. The fourth-order valence-electron chi connectivity index (χ4n) is 3.28. The number of likely N-dealkylation sites (N-methyl/N-ethyl adjacent to an activating group) is 1. The molecule has 4 heteroatoms. The molecular formula is C13H25N3O. The minimum Gasteiger partial charge on any atom is -0.358 e. The van der Waals surface area contributed by atoms with Crippen molar-refractivity contribution in [2.45, 2.75) is 50.6 Å². The second-order valence-corrected chi connectivity index (χ2v) is 5.31. The van der Waals surface area contributed by atoms with Gasteiger partial charge in [-0.05, 0) is 38.1 Å². The van der Waals surface area contributed by atoms with Crippen molar-refractivity contribution in [3.05, 3.63) is 0 Å². The number of carbonyl (C=O) groups excluding carboxylic acids is 1. The molecule has 1 saturated carbocycles. The van der Waals surface area contributed by atoms with Crippen LogP contribution in [0.4, 0.5) is 0 Å². The zero-order valence-corrected chi connectivity index (χ0v) is 10.8. The molecule has 0 aromatic carbocycles. The van der Waals surface area contributed by atoms with Gasteiger partial charge in [0.05, 0.1) is 6.54 Å². The van der Waals surface area contributed by atoms with Crippen molar-refractivity contribution >= 4 is 5.91 Å². The molecular weight excluding hydrogens is 214 g/mol. The Kier molecular flexibility index (Phi) is 4.80. The fourth-order valence-corrected chi connectivity index (χ4v) is 3.28. The van der Waals surface area contributed by atoms with Gasteiger partial charge in [-0.25, -0.2) is 0 Å². The van der Waals surface area contributed by atoms with E-state index in [1.54, 1.807) is 7.05 Å². The van der Waals surface area contributed by atoms with Crippen molar-refractivity contribution in [1.29, 1.82) is 0 Å². The first-order valence-electron chi connectivity index (χ1n) is 6.98. The van der Waals surface area contributed by atoms with Crippen LogP contribution in [0.15, 0.2) is 0 Å². The van der Waals surface area contributed by atoms with Gasteiger partial charge < -0.3 is 16.0 Å². The zero-order chi connectivity index (χ0) is 12.1. The van der Waals surface area contributed by atoms with Gasteiger partial charge >= 0.3 is 0 Å². The molecule has 1 aliphatic carbocycles. The van der Waals surface area contributed by atoms with Crippen LogP contribution >= 0.6 is 0 Å². The number of piperidine rings is 1. The number of carbonyl (C=O) groups is 1. The maximum Gasteiger partial charge on any atom is 0.233 e. The summed E-state index contributed by atoms with van der Waals surface area (Å²) in [6, 6.07) is 1.20. The molecule has 0 aromatic heterocycles. The van der Waals surface area contributed by atoms with Crippen LogP contribution in [-0.4, -0.2) is 38.1 Å². The predicted molar refractivity (Wildman–Crippen MR) is 68.8 cm³/mol. The summed E-state index contributed by atoms with van der Waals surface area (Å²) >= 11 is 0. The molecule has 2 aliphatic rings. The monoisotopic (exact) mass is 239 g/mol. The van der Waals surface area contributed by atoms with E-state index in [9.17, 15) is 4.79 Å². The van der Waals surface area contributed by atoms with Gasteiger partial charge in [0.25, 0.3) is 0 Å². The minimum atomic E-state index is 0.0900. The summed E-state index contributed by atoms with van der Waals surface area (Å²) in [6.07, 6.45) is 7.82. The first kappa shape index (κ1) is 12.8. The van der Waals surface area contributed by atoms with E-state index in [1.807, 2.05) is 0 Å². The van der Waals surface area contributed by atoms with Crippen molar-refractivity contribution in [1.82, 2.24) is 16.0 Å². The van der Waals surface area contributed by atoms with Gasteiger partial charge in [-0.2, -0.15) is 0 Å². The van der Waals surface area contributed by atoms with Crippen LogP contribution < -0.4 is 16.0 Å². The molecule has 1 saturated heterocycles. The van der Waals surface area contributed by atoms with E-state index < -0.39 is 0 Å². The molecule has 1 aliphatic heterocycles. The second kappa shape index (κ2) is 6.36. The summed E-state index contributed by atoms with van der Waals surface area (Å²) in [5, 5.41) is 9.75. The lowest BCUT2D eigenvalue weighted by Gasteiger charge is -2.33. The molecule has 1 amide bonds. The fraction of sp³-hybridized carbons (Fsp3) is 0.923. The summed E-state index contributed by atoms with van der Waals surface area (Å²) in [7, 11) is 1.69. The lowest BCUT2D eigenvalue weighted by Crippen LogP contribution is -2.48. The largest absolute Gasteiger partial charge is 0.358 e. The van der Waals surface area contributed by atoms with E-state index in [0.717, 1.165) is 5.92 Å². The number of amides is 1. The number of nitrogens with one attached hydrogen (secondary N) is 3. The van der Waals surface area contributed by atoms with Crippen LogP contribution in [0, 0.1) is 5.92 Å². The van der Waals surface area contributed by atoms with Gasteiger partial charge in [0, 0.05) is 19.1 Å². The molecule has 3 unspecified atom stereocenters. The van der Waals surface area contributed by atoms with Crippen LogP contribution in [0.3, 0.4) is 0 Å². The molecule has 2 rings (SSSR count). The third-order valence-electron chi connectivity index (χ3n) is 4.24. The standard InChI is InChI=1S/C13H25N3O/c1-14-13(17)9-16-12-7-4-5-10(12)11-6-2-3-8-15-11/h10-12,15-16H,2-9H2,1H3,(H,14,17). The topological polar surface area (TPSA) is 53.2 Å². The molecule has 1 heterocycles. The molecule has 3 N–H and O–H groups in total. The highest BCUT2D eigenvalue weighted by Gasteiger charge is 2.33. The third kappa shape index (κ3) is 3.42. The first-order valence-corrected chi connectivity index (χ1v) is 6.98. The van der Waals surface area contributed by atoms with Gasteiger partial charge in [-0.15, -0.1) is 0 Å². The Bertz CT molecular complexity index is 251. The van der Waals surface area contributed by atoms with Gasteiger partial charge in [-0.1, -0.05) is 12.8 Å². The Morgan fingerprint density at radius 2 is 2.12 bits per heavy atom. The summed E-state index contributed by atoms with van der Waals surface area (Å²) in [4.78, 5) is 11.3. The Morgan fingerprint density at radius 3 is 2.82 bits per heavy atom. The normalized spacial score (nSPS) is 33.6. The van der Waals surface area contributed by atoms with Gasteiger partial charge in [-0.3, -0.25) is 4.79 Å². The van der Waals surface area contributed by atoms with Crippen LogP contribution in [0.1, 0.15) is 38.5 Å². The number of hydrogen-bond acceptors (Lipinski definition) is 3. The summed E-state index contributed by atoms with van der Waals surface area (Å²) < 4.78 is 0. The van der Waals surface area contributed by atoms with E-state index in [-0.39, 0.29) is 5.91 Å². The first-order chi connectivity index (χ1) is 8.31. The van der Waals surface area contributed by atoms with E-state index in [1.165, 1.54) is 45.1 Å². The lowest BCUT2D eigenvalue weighted by atomic mass is 9.88. The number of hydrogen-bond donors (Lipinski definition) is 3. The summed E-state index contributed by atoms with van der Waals surface area (Å²) in [5.74, 6) is 0.812. The quantitative estimate of drug-likeness (QED) is 0.674. The van der Waals surface area contributed by atoms with Gasteiger partial charge in [0.15, 0.2) is 0 Å². The molecule has 0 radical (unpaired) electrons. The van der Waals surface area contributed by atoms with E-state index in [4.69, 9.17) is 0 Å². The molecule has 4 nitrogen and oxygen atoms in total. The molecule has 0 aromatic rings. The highest BCUT2D eigenvalue weighted by Crippen LogP contribution is 2.31. The zero-order valence-electron chi connectivity index (χ0n) is 10.8. The van der Waals surface area contributed by atoms with Gasteiger partial charge in [0.2, 0.25) is 5.91 Å². The van der Waals surface area contributed by atoms with Crippen LogP contribution in [0.5, 0.6) is 0 Å². The lowest BCUT2D eigenvalue weighted by molar-refractivity contribution is -0.119. The Balaban J connectivity index is 1.81. The van der Waals surface area contributed by atoms with Crippen LogP contribution in [-0.2, 0) is 4.79 Å². The predicted octanol–water partition coefficient (Wildman–Crippen LogP) is 0.633. The van der Waals surface area contributed by atoms with Gasteiger partial charge in [0.1, 0.15) is 0 Å². The molecule has 0 spiro atoms. The van der Waals surface area contributed by atoms with Crippen molar-refractivity contribution in [3.63, 3.8) is 0 Å². The van der Waals surface area contributed by atoms with E-state index in [2.05, 4.69) is 16.0 Å². The average Bonchev–Trinajstić information content (AvgIpc) is 2.85. The van der Waals surface area contributed by atoms with Crippen molar-refractivity contribution in [2.75, 3.05) is 20.1 Å². The van der Waals surface area contributed by atoms with Crippen molar-refractivity contribution in [3.8, 4) is 0 Å². The van der Waals surface area contributed by atoms with E-state index >= 15 is 0 Å². The average molecular weight is 239 g/mol. The maximum atomic E-state index is 11.3. The molecule has 0 bridgehead atoms. The van der Waals surface area contributed by atoms with Crippen LogP contribution in [0.25, 0.3) is 0 Å². The highest BCUT2D eigenvalue weighted by molar-refractivity contribution is 5.77. The van der Waals surface area contributed by atoms with E-state index in [0.29, 0.717) is 18.6 Å². The van der Waals surface area contributed by atoms with Crippen molar-refractivity contribution in [2.24, 2.45) is 5.92 Å². The summed E-state index contributed by atoms with van der Waals surface area (Å²) in [6.45, 7) is 1.63.